The first-order valence-corrected chi connectivity index (χ1v) is 11.8. The van der Waals surface area contributed by atoms with E-state index in [1.165, 1.54) is 5.56 Å². The fourth-order valence-corrected chi connectivity index (χ4v) is 3.82. The molecule has 3 rings (SSSR count). The fourth-order valence-electron chi connectivity index (χ4n) is 3.61. The maximum absolute atomic E-state index is 12.7. The van der Waals surface area contributed by atoms with Crippen molar-refractivity contribution < 1.29 is 9.59 Å². The van der Waals surface area contributed by atoms with Crippen LogP contribution in [-0.4, -0.2) is 24.0 Å². The van der Waals surface area contributed by atoms with Gasteiger partial charge in [-0.05, 0) is 79.0 Å². The summed E-state index contributed by atoms with van der Waals surface area (Å²) in [5, 5.41) is 5.98. The van der Waals surface area contributed by atoms with Gasteiger partial charge in [0.2, 0.25) is 5.91 Å². The Kier molecular flexibility index (Phi) is 8.55. The normalized spacial score (nSPS) is 11.6. The molecule has 176 valence electrons. The number of nitrogens with zero attached hydrogens (tertiary/aromatic N) is 1. The topological polar surface area (TPSA) is 61.4 Å². The summed E-state index contributed by atoms with van der Waals surface area (Å²) in [5.41, 5.74) is 4.28. The SMILES string of the molecule is CC(C)Cc1ccc(C(C)C(=O)NC(=S)Nc2ccc(C(=O)N(C)c3ccccc3)cc2)cc1. The Bertz CT molecular complexity index is 1130. The molecule has 0 saturated heterocycles. The summed E-state index contributed by atoms with van der Waals surface area (Å²) in [6.45, 7) is 6.23. The summed E-state index contributed by atoms with van der Waals surface area (Å²) in [4.78, 5) is 27.0. The minimum absolute atomic E-state index is 0.109. The lowest BCUT2D eigenvalue weighted by Gasteiger charge is -2.18. The number of benzene rings is 3. The number of carbonyl (C=O) groups excluding carboxylic acids is 2. The average molecular weight is 474 g/mol. The summed E-state index contributed by atoms with van der Waals surface area (Å²) in [6, 6.07) is 24.6. The first-order chi connectivity index (χ1) is 16.2. The highest BCUT2D eigenvalue weighted by atomic mass is 32.1. The van der Waals surface area contributed by atoms with E-state index in [2.05, 4.69) is 36.6 Å². The highest BCUT2D eigenvalue weighted by molar-refractivity contribution is 7.80. The third-order valence-electron chi connectivity index (χ3n) is 5.59. The molecule has 1 unspecified atom stereocenters. The summed E-state index contributed by atoms with van der Waals surface area (Å²) >= 11 is 5.32. The molecule has 0 spiro atoms. The maximum atomic E-state index is 12.7. The zero-order chi connectivity index (χ0) is 24.7. The van der Waals surface area contributed by atoms with Crippen LogP contribution in [0.3, 0.4) is 0 Å². The van der Waals surface area contributed by atoms with Crippen LogP contribution in [0, 0.1) is 5.92 Å². The second-order valence-corrected chi connectivity index (χ2v) is 9.19. The van der Waals surface area contributed by atoms with Crippen molar-refractivity contribution in [3.8, 4) is 0 Å². The van der Waals surface area contributed by atoms with E-state index in [1.807, 2.05) is 49.4 Å². The second-order valence-electron chi connectivity index (χ2n) is 8.78. The van der Waals surface area contributed by atoms with Gasteiger partial charge < -0.3 is 15.5 Å². The van der Waals surface area contributed by atoms with Crippen LogP contribution in [0.25, 0.3) is 0 Å². The number of hydrogen-bond donors (Lipinski definition) is 2. The third-order valence-corrected chi connectivity index (χ3v) is 5.80. The minimum atomic E-state index is -0.332. The van der Waals surface area contributed by atoms with E-state index in [9.17, 15) is 9.59 Å². The van der Waals surface area contributed by atoms with Gasteiger partial charge in [0.1, 0.15) is 0 Å². The first-order valence-electron chi connectivity index (χ1n) is 11.4. The van der Waals surface area contributed by atoms with Gasteiger partial charge >= 0.3 is 0 Å². The molecule has 0 radical (unpaired) electrons. The molecule has 0 heterocycles. The van der Waals surface area contributed by atoms with Crippen molar-refractivity contribution in [2.24, 2.45) is 5.92 Å². The van der Waals surface area contributed by atoms with Crippen LogP contribution in [0.1, 0.15) is 48.2 Å². The van der Waals surface area contributed by atoms with Gasteiger partial charge in [0, 0.05) is 24.0 Å². The number of amides is 2. The molecule has 5 nitrogen and oxygen atoms in total. The lowest BCUT2D eigenvalue weighted by atomic mass is 9.96. The quantitative estimate of drug-likeness (QED) is 0.427. The summed E-state index contributed by atoms with van der Waals surface area (Å²) in [5.74, 6) is -0.0272. The monoisotopic (exact) mass is 473 g/mol. The van der Waals surface area contributed by atoms with Gasteiger partial charge in [-0.3, -0.25) is 9.59 Å². The molecule has 0 aliphatic heterocycles. The second kappa shape index (κ2) is 11.6. The van der Waals surface area contributed by atoms with E-state index in [0.29, 0.717) is 17.2 Å². The standard InChI is InChI=1S/C28H31N3O2S/c1-19(2)18-21-10-12-22(13-11-21)20(3)26(32)30-28(34)29-24-16-14-23(15-17-24)27(33)31(4)25-8-6-5-7-9-25/h5-17,19-20H,18H2,1-4H3,(H2,29,30,32,34). The van der Waals surface area contributed by atoms with Gasteiger partial charge in [0.05, 0.1) is 5.92 Å². The summed E-state index contributed by atoms with van der Waals surface area (Å²) in [7, 11) is 1.74. The number of nitrogens with one attached hydrogen (secondary N) is 2. The predicted molar refractivity (Wildman–Crippen MR) is 143 cm³/mol. The minimum Gasteiger partial charge on any atom is -0.332 e. The van der Waals surface area contributed by atoms with Crippen molar-refractivity contribution in [1.82, 2.24) is 5.32 Å². The van der Waals surface area contributed by atoms with Crippen molar-refractivity contribution >= 4 is 40.5 Å². The molecule has 0 aliphatic rings. The van der Waals surface area contributed by atoms with Crippen LogP contribution in [0.5, 0.6) is 0 Å². The number of para-hydroxylation sites is 1. The first kappa shape index (κ1) is 25.1. The highest BCUT2D eigenvalue weighted by Gasteiger charge is 2.17. The van der Waals surface area contributed by atoms with Crippen LogP contribution in [0.4, 0.5) is 11.4 Å². The van der Waals surface area contributed by atoms with Gasteiger partial charge in [-0.2, -0.15) is 0 Å². The summed E-state index contributed by atoms with van der Waals surface area (Å²) in [6.07, 6.45) is 1.02. The van der Waals surface area contributed by atoms with Crippen molar-refractivity contribution in [3.05, 3.63) is 95.6 Å². The average Bonchev–Trinajstić information content (AvgIpc) is 2.83. The summed E-state index contributed by atoms with van der Waals surface area (Å²) < 4.78 is 0. The zero-order valence-corrected chi connectivity index (χ0v) is 20.9. The molecule has 0 fully saturated rings. The molecule has 3 aromatic carbocycles. The van der Waals surface area contributed by atoms with Crippen LogP contribution < -0.4 is 15.5 Å². The fraction of sp³-hybridized carbons (Fsp3) is 0.250. The third kappa shape index (κ3) is 6.75. The van der Waals surface area contributed by atoms with E-state index in [4.69, 9.17) is 12.2 Å². The molecular formula is C28H31N3O2S. The van der Waals surface area contributed by atoms with Gasteiger partial charge in [-0.1, -0.05) is 56.3 Å². The highest BCUT2D eigenvalue weighted by Crippen LogP contribution is 2.19. The van der Waals surface area contributed by atoms with Gasteiger partial charge in [-0.25, -0.2) is 0 Å². The lowest BCUT2D eigenvalue weighted by molar-refractivity contribution is -0.120. The van der Waals surface area contributed by atoms with E-state index >= 15 is 0 Å². The van der Waals surface area contributed by atoms with Gasteiger partial charge in [0.15, 0.2) is 5.11 Å². The lowest BCUT2D eigenvalue weighted by Crippen LogP contribution is -2.36. The van der Waals surface area contributed by atoms with Crippen molar-refractivity contribution in [2.75, 3.05) is 17.3 Å². The molecule has 3 aromatic rings. The molecule has 2 amide bonds. The van der Waals surface area contributed by atoms with E-state index in [-0.39, 0.29) is 22.8 Å². The van der Waals surface area contributed by atoms with Crippen LogP contribution in [0.15, 0.2) is 78.9 Å². The maximum Gasteiger partial charge on any atom is 0.258 e. The number of anilines is 2. The molecule has 1 atom stereocenters. The number of hydrogen-bond acceptors (Lipinski definition) is 3. The Morgan fingerprint density at radius 1 is 0.882 bits per heavy atom. The number of carbonyl (C=O) groups is 2. The molecule has 6 heteroatoms. The van der Waals surface area contributed by atoms with Crippen molar-refractivity contribution in [2.45, 2.75) is 33.1 Å². The molecule has 0 bridgehead atoms. The van der Waals surface area contributed by atoms with Gasteiger partial charge in [-0.15, -0.1) is 0 Å². The molecular weight excluding hydrogens is 442 g/mol. The molecule has 2 N–H and O–H groups in total. The largest absolute Gasteiger partial charge is 0.332 e. The van der Waals surface area contributed by atoms with E-state index < -0.39 is 0 Å². The van der Waals surface area contributed by atoms with Crippen molar-refractivity contribution in [1.29, 1.82) is 0 Å². The Hall–Kier alpha value is -3.51. The molecule has 0 aromatic heterocycles. The Morgan fingerprint density at radius 2 is 1.50 bits per heavy atom. The van der Waals surface area contributed by atoms with E-state index in [0.717, 1.165) is 17.7 Å². The number of thiocarbonyl (C=S) groups is 1. The number of rotatable bonds is 7. The van der Waals surface area contributed by atoms with Crippen molar-refractivity contribution in [3.63, 3.8) is 0 Å². The van der Waals surface area contributed by atoms with Crippen LogP contribution >= 0.6 is 12.2 Å². The Morgan fingerprint density at radius 3 is 2.09 bits per heavy atom. The van der Waals surface area contributed by atoms with Crippen LogP contribution in [0.2, 0.25) is 0 Å². The van der Waals surface area contributed by atoms with Crippen LogP contribution in [-0.2, 0) is 11.2 Å². The predicted octanol–water partition coefficient (Wildman–Crippen LogP) is 5.78. The van der Waals surface area contributed by atoms with Gasteiger partial charge in [0.25, 0.3) is 5.91 Å². The molecule has 0 saturated carbocycles. The smallest absolute Gasteiger partial charge is 0.258 e. The Labute approximate surface area is 207 Å². The zero-order valence-electron chi connectivity index (χ0n) is 20.0. The van der Waals surface area contributed by atoms with E-state index in [1.54, 1.807) is 36.2 Å². The molecule has 34 heavy (non-hydrogen) atoms. The molecule has 0 aliphatic carbocycles. The Balaban J connectivity index is 1.55.